The molecule has 0 N–H and O–H groups in total. The van der Waals surface area contributed by atoms with Crippen LogP contribution in [0.15, 0.2) is 72.0 Å². The SMILES string of the molecule is COC1=CC2CCN(Cc3cccc(Oc4ccc(C(C)(C)C)cc4)c3)CC2=CC1(OC)OC. The summed E-state index contributed by atoms with van der Waals surface area (Å²) >= 11 is 0. The van der Waals surface area contributed by atoms with Gasteiger partial charge in [-0.25, -0.2) is 0 Å². The lowest BCUT2D eigenvalue weighted by Crippen LogP contribution is -2.43. The van der Waals surface area contributed by atoms with Gasteiger partial charge in [-0.1, -0.05) is 45.0 Å². The Hall–Kier alpha value is -2.60. The van der Waals surface area contributed by atoms with Gasteiger partial charge in [-0.15, -0.1) is 0 Å². The average Bonchev–Trinajstić information content (AvgIpc) is 2.83. The maximum atomic E-state index is 6.16. The van der Waals surface area contributed by atoms with Crippen LogP contribution in [0.5, 0.6) is 11.5 Å². The molecule has 0 aromatic heterocycles. The monoisotopic (exact) mass is 463 g/mol. The van der Waals surface area contributed by atoms with E-state index < -0.39 is 5.79 Å². The Morgan fingerprint density at radius 3 is 2.35 bits per heavy atom. The summed E-state index contributed by atoms with van der Waals surface area (Å²) in [7, 11) is 4.97. The molecule has 34 heavy (non-hydrogen) atoms. The van der Waals surface area contributed by atoms with Crippen LogP contribution in [-0.2, 0) is 26.2 Å². The molecule has 0 bridgehead atoms. The predicted molar refractivity (Wildman–Crippen MR) is 135 cm³/mol. The normalized spacial score (nSPS) is 20.2. The predicted octanol–water partition coefficient (Wildman–Crippen LogP) is 6.06. The Kier molecular flexibility index (Phi) is 7.17. The minimum Gasteiger partial charge on any atom is -0.495 e. The molecule has 1 aliphatic carbocycles. The van der Waals surface area contributed by atoms with Crippen molar-refractivity contribution in [1.82, 2.24) is 4.90 Å². The van der Waals surface area contributed by atoms with Crippen LogP contribution in [0.2, 0.25) is 0 Å². The molecule has 182 valence electrons. The summed E-state index contributed by atoms with van der Waals surface area (Å²) in [6, 6.07) is 16.8. The third kappa shape index (κ3) is 5.22. The number of benzene rings is 2. The Morgan fingerprint density at radius 2 is 1.71 bits per heavy atom. The van der Waals surface area contributed by atoms with Gasteiger partial charge < -0.3 is 18.9 Å². The van der Waals surface area contributed by atoms with Crippen molar-refractivity contribution >= 4 is 0 Å². The number of rotatable bonds is 7. The number of fused-ring (bicyclic) bond motifs is 1. The van der Waals surface area contributed by atoms with Crippen LogP contribution in [0, 0.1) is 5.92 Å². The van der Waals surface area contributed by atoms with E-state index in [1.807, 2.05) is 18.2 Å². The molecular formula is C29H37NO4. The molecule has 0 saturated carbocycles. The summed E-state index contributed by atoms with van der Waals surface area (Å²) < 4.78 is 23.2. The standard InChI is InChI=1S/C29H37NO4/c1-28(2,3)24-10-12-25(13-11-24)34-26-9-7-8-21(16-26)19-30-15-14-22-17-27(31-4)29(32-5,33-6)18-23(22)20-30/h7-13,16-18,22H,14-15,19-20H2,1-6H3. The van der Waals surface area contributed by atoms with Crippen LogP contribution in [0.3, 0.4) is 0 Å². The summed E-state index contributed by atoms with van der Waals surface area (Å²) in [5, 5.41) is 0. The van der Waals surface area contributed by atoms with E-state index in [-0.39, 0.29) is 5.41 Å². The van der Waals surface area contributed by atoms with E-state index in [0.29, 0.717) is 5.92 Å². The van der Waals surface area contributed by atoms with Crippen molar-refractivity contribution in [3.8, 4) is 11.5 Å². The van der Waals surface area contributed by atoms with Gasteiger partial charge in [0.25, 0.3) is 0 Å². The molecule has 4 rings (SSSR count). The van der Waals surface area contributed by atoms with E-state index in [4.69, 9.17) is 18.9 Å². The zero-order valence-electron chi connectivity index (χ0n) is 21.3. The summed E-state index contributed by atoms with van der Waals surface area (Å²) in [4.78, 5) is 2.46. The smallest absolute Gasteiger partial charge is 0.247 e. The molecule has 1 atom stereocenters. The van der Waals surface area contributed by atoms with E-state index in [1.54, 1.807) is 21.3 Å². The molecular weight excluding hydrogens is 426 g/mol. The van der Waals surface area contributed by atoms with Crippen LogP contribution >= 0.6 is 0 Å². The van der Waals surface area contributed by atoms with Gasteiger partial charge in [-0.05, 0) is 71.5 Å². The molecule has 5 nitrogen and oxygen atoms in total. The first-order valence-corrected chi connectivity index (χ1v) is 11.9. The molecule has 2 aliphatic rings. The molecule has 2 aromatic rings. The van der Waals surface area contributed by atoms with Gasteiger partial charge in [0.1, 0.15) is 11.5 Å². The molecule has 2 aromatic carbocycles. The number of allylic oxidation sites excluding steroid dienone is 1. The number of hydrogen-bond donors (Lipinski definition) is 0. The topological polar surface area (TPSA) is 40.2 Å². The Labute approximate surface area is 204 Å². The number of ether oxygens (including phenoxy) is 4. The van der Waals surface area contributed by atoms with Gasteiger partial charge >= 0.3 is 0 Å². The van der Waals surface area contributed by atoms with E-state index in [1.165, 1.54) is 16.7 Å². The summed E-state index contributed by atoms with van der Waals surface area (Å²) in [5.74, 6) is 1.85. The first-order valence-electron chi connectivity index (χ1n) is 11.9. The van der Waals surface area contributed by atoms with Crippen molar-refractivity contribution in [3.05, 3.63) is 83.1 Å². The third-order valence-electron chi connectivity index (χ3n) is 6.80. The molecule has 1 aliphatic heterocycles. The Morgan fingerprint density at radius 1 is 0.971 bits per heavy atom. The first kappa shape index (κ1) is 24.5. The highest BCUT2D eigenvalue weighted by molar-refractivity contribution is 5.37. The zero-order valence-corrected chi connectivity index (χ0v) is 21.3. The Bertz CT molecular complexity index is 1040. The van der Waals surface area contributed by atoms with Crippen LogP contribution in [0.25, 0.3) is 0 Å². The average molecular weight is 464 g/mol. The highest BCUT2D eigenvalue weighted by atomic mass is 16.7. The van der Waals surface area contributed by atoms with Gasteiger partial charge in [0.05, 0.1) is 7.11 Å². The maximum Gasteiger partial charge on any atom is 0.247 e. The lowest BCUT2D eigenvalue weighted by Gasteiger charge is -2.40. The van der Waals surface area contributed by atoms with Crippen molar-refractivity contribution in [3.63, 3.8) is 0 Å². The van der Waals surface area contributed by atoms with Crippen molar-refractivity contribution in [1.29, 1.82) is 0 Å². The second-order valence-corrected chi connectivity index (χ2v) is 10.2. The summed E-state index contributed by atoms with van der Waals surface area (Å²) in [5.41, 5.74) is 3.97. The van der Waals surface area contributed by atoms with Crippen LogP contribution < -0.4 is 4.74 Å². The molecule has 0 radical (unpaired) electrons. The molecule has 1 unspecified atom stereocenters. The third-order valence-corrected chi connectivity index (χ3v) is 6.80. The van der Waals surface area contributed by atoms with Gasteiger partial charge in [-0.3, -0.25) is 4.90 Å². The van der Waals surface area contributed by atoms with E-state index >= 15 is 0 Å². The van der Waals surface area contributed by atoms with Crippen molar-refractivity contribution in [2.45, 2.75) is 44.9 Å². The largest absolute Gasteiger partial charge is 0.495 e. The van der Waals surface area contributed by atoms with E-state index in [0.717, 1.165) is 43.3 Å². The molecule has 0 amide bonds. The van der Waals surface area contributed by atoms with Crippen LogP contribution in [-0.4, -0.2) is 45.1 Å². The Balaban J connectivity index is 1.43. The second-order valence-electron chi connectivity index (χ2n) is 10.2. The molecule has 1 saturated heterocycles. The minimum atomic E-state index is -0.945. The lowest BCUT2D eigenvalue weighted by atomic mass is 9.84. The fourth-order valence-electron chi connectivity index (χ4n) is 4.79. The number of nitrogens with zero attached hydrogens (tertiary/aromatic N) is 1. The molecule has 1 fully saturated rings. The van der Waals surface area contributed by atoms with Crippen molar-refractivity contribution in [2.75, 3.05) is 34.4 Å². The van der Waals surface area contributed by atoms with E-state index in [2.05, 4.69) is 68.2 Å². The van der Waals surface area contributed by atoms with E-state index in [9.17, 15) is 0 Å². The first-order chi connectivity index (χ1) is 16.3. The van der Waals surface area contributed by atoms with Crippen molar-refractivity contribution in [2.24, 2.45) is 5.92 Å². The number of piperidine rings is 1. The number of likely N-dealkylation sites (tertiary alicyclic amines) is 1. The van der Waals surface area contributed by atoms with Gasteiger partial charge in [0.2, 0.25) is 5.79 Å². The summed E-state index contributed by atoms with van der Waals surface area (Å²) in [6.45, 7) is 9.40. The van der Waals surface area contributed by atoms with Gasteiger partial charge in [0, 0.05) is 33.2 Å². The van der Waals surface area contributed by atoms with Crippen molar-refractivity contribution < 1.29 is 18.9 Å². The second kappa shape index (κ2) is 9.95. The highest BCUT2D eigenvalue weighted by Gasteiger charge is 2.40. The molecule has 0 spiro atoms. The fraction of sp³-hybridized carbons (Fsp3) is 0.448. The lowest BCUT2D eigenvalue weighted by molar-refractivity contribution is -0.168. The zero-order chi connectivity index (χ0) is 24.3. The number of hydrogen-bond acceptors (Lipinski definition) is 5. The minimum absolute atomic E-state index is 0.132. The highest BCUT2D eigenvalue weighted by Crippen LogP contribution is 2.38. The molecule has 1 heterocycles. The molecule has 5 heteroatoms. The quantitative estimate of drug-likeness (QED) is 0.369. The van der Waals surface area contributed by atoms with Gasteiger partial charge in [-0.2, -0.15) is 0 Å². The maximum absolute atomic E-state index is 6.16. The summed E-state index contributed by atoms with van der Waals surface area (Å²) in [6.07, 6.45) is 5.28. The number of methoxy groups -OCH3 is 3. The fourth-order valence-corrected chi connectivity index (χ4v) is 4.79. The van der Waals surface area contributed by atoms with Gasteiger partial charge in [0.15, 0.2) is 5.76 Å². The van der Waals surface area contributed by atoms with Crippen LogP contribution in [0.1, 0.15) is 38.3 Å². The van der Waals surface area contributed by atoms with Crippen LogP contribution in [0.4, 0.5) is 0 Å².